The molecule has 2 aliphatic rings. The Bertz CT molecular complexity index is 1120. The molecule has 2 aliphatic heterocycles. The van der Waals surface area contributed by atoms with Crippen LogP contribution in [0, 0.1) is 0 Å². The average molecular weight is 552 g/mol. The van der Waals surface area contributed by atoms with Crippen molar-refractivity contribution < 1.29 is 47.7 Å². The molecule has 13 heteroatoms. The van der Waals surface area contributed by atoms with Crippen molar-refractivity contribution in [1.29, 1.82) is 0 Å². The Hall–Kier alpha value is -3.29. The van der Waals surface area contributed by atoms with Crippen molar-refractivity contribution in [3.05, 3.63) is 40.8 Å². The second kappa shape index (κ2) is 12.3. The Labute approximate surface area is 222 Å². The van der Waals surface area contributed by atoms with E-state index in [0.29, 0.717) is 0 Å². The highest BCUT2D eigenvalue weighted by Crippen LogP contribution is 2.39. The minimum atomic E-state index is -1.43. The van der Waals surface area contributed by atoms with Crippen LogP contribution in [0.25, 0.3) is 6.08 Å². The number of rotatable bonds is 7. The van der Waals surface area contributed by atoms with Gasteiger partial charge in [-0.15, -0.1) is 0 Å². The summed E-state index contributed by atoms with van der Waals surface area (Å²) < 4.78 is 27.4. The van der Waals surface area contributed by atoms with Gasteiger partial charge in [-0.25, -0.2) is 0 Å². The number of ether oxygens (including phenoxy) is 5. The minimum absolute atomic E-state index is 0.0908. The Balaban J connectivity index is 2.05. The Kier molecular flexibility index (Phi) is 9.40. The molecule has 0 aliphatic carbocycles. The molecule has 1 amide bonds. The van der Waals surface area contributed by atoms with Crippen molar-refractivity contribution in [1.82, 2.24) is 4.90 Å². The predicted octanol–water partition coefficient (Wildman–Crippen LogP) is 1.97. The first-order valence-electron chi connectivity index (χ1n) is 11.1. The van der Waals surface area contributed by atoms with E-state index in [9.17, 15) is 24.0 Å². The zero-order valence-corrected chi connectivity index (χ0v) is 22.0. The smallest absolute Gasteiger partial charge is 0.303 e. The lowest BCUT2D eigenvalue weighted by molar-refractivity contribution is -0.268. The maximum atomic E-state index is 13.5. The van der Waals surface area contributed by atoms with Crippen LogP contribution in [0.15, 0.2) is 35.2 Å². The summed E-state index contributed by atoms with van der Waals surface area (Å²) in [6.07, 6.45) is -5.12. The third-order valence-electron chi connectivity index (χ3n) is 5.14. The Morgan fingerprint density at radius 1 is 0.919 bits per heavy atom. The first kappa shape index (κ1) is 28.3. The summed E-state index contributed by atoms with van der Waals surface area (Å²) in [6, 6.07) is 9.07. The van der Waals surface area contributed by atoms with E-state index in [1.54, 1.807) is 18.2 Å². The van der Waals surface area contributed by atoms with E-state index >= 15 is 0 Å². The van der Waals surface area contributed by atoms with Crippen LogP contribution in [-0.4, -0.2) is 76.3 Å². The number of nitrogens with zero attached hydrogens (tertiary/aromatic N) is 1. The van der Waals surface area contributed by atoms with Crippen LogP contribution < -0.4 is 0 Å². The summed E-state index contributed by atoms with van der Waals surface area (Å²) in [4.78, 5) is 62.3. The summed E-state index contributed by atoms with van der Waals surface area (Å²) >= 11 is 6.46. The summed E-state index contributed by atoms with van der Waals surface area (Å²) in [6.45, 7) is 4.11. The molecule has 0 radical (unpaired) electrons. The van der Waals surface area contributed by atoms with Gasteiger partial charge in [0.15, 0.2) is 28.9 Å². The molecule has 2 fully saturated rings. The fourth-order valence-electron chi connectivity index (χ4n) is 3.81. The molecule has 0 unspecified atom stereocenters. The molecule has 11 nitrogen and oxygen atoms in total. The zero-order chi connectivity index (χ0) is 27.3. The van der Waals surface area contributed by atoms with Gasteiger partial charge in [0.1, 0.15) is 12.7 Å². The van der Waals surface area contributed by atoms with Gasteiger partial charge in [-0.2, -0.15) is 0 Å². The normalized spacial score (nSPS) is 26.5. The number of carbonyl (C=O) groups is 5. The Morgan fingerprint density at radius 2 is 1.49 bits per heavy atom. The topological polar surface area (TPSA) is 135 Å². The highest BCUT2D eigenvalue weighted by Gasteiger charge is 2.56. The number of benzene rings is 1. The number of amides is 1. The molecule has 198 valence electrons. The fourth-order valence-corrected chi connectivity index (χ4v) is 5.12. The third-order valence-corrected chi connectivity index (χ3v) is 6.47. The van der Waals surface area contributed by atoms with Gasteiger partial charge in [0.25, 0.3) is 5.91 Å². The summed E-state index contributed by atoms with van der Waals surface area (Å²) in [7, 11) is 0. The van der Waals surface area contributed by atoms with E-state index in [2.05, 4.69) is 0 Å². The van der Waals surface area contributed by atoms with Crippen molar-refractivity contribution in [3.63, 3.8) is 0 Å². The van der Waals surface area contributed by atoms with E-state index < -0.39 is 67.0 Å². The van der Waals surface area contributed by atoms with Crippen molar-refractivity contribution in [3.8, 4) is 0 Å². The molecule has 1 aromatic rings. The molecular weight excluding hydrogens is 526 g/mol. The number of thioether (sulfide) groups is 1. The number of thiocarbonyl (C=S) groups is 1. The number of carbonyl (C=O) groups excluding carboxylic acids is 5. The predicted molar refractivity (Wildman–Crippen MR) is 133 cm³/mol. The second-order valence-corrected chi connectivity index (χ2v) is 9.73. The maximum Gasteiger partial charge on any atom is 0.303 e. The van der Waals surface area contributed by atoms with E-state index in [0.717, 1.165) is 43.0 Å². The highest BCUT2D eigenvalue weighted by atomic mass is 32.2. The molecule has 0 aromatic heterocycles. The largest absolute Gasteiger partial charge is 0.463 e. The molecular formula is C24H25NO10S2. The van der Waals surface area contributed by atoms with Gasteiger partial charge in [0, 0.05) is 27.7 Å². The standard InChI is InChI=1S/C24H25NO10S2/c1-12(26)31-11-17-19(32-13(2)27)20(33-14(3)28)21(34-15(4)29)23(35-17)25-22(30)18(37-24(25)36)10-16-8-6-5-7-9-16/h5-10,17,19-21,23H,11H2,1-4H3/b18-10+/t17-,19-,20+,21+,23-/m0/s1. The number of hydrogen-bond acceptors (Lipinski definition) is 12. The van der Waals surface area contributed by atoms with Gasteiger partial charge in [-0.05, 0) is 11.6 Å². The van der Waals surface area contributed by atoms with E-state index in [1.807, 2.05) is 18.2 Å². The average Bonchev–Trinajstić information content (AvgIpc) is 3.07. The molecule has 0 bridgehead atoms. The lowest BCUT2D eigenvalue weighted by Gasteiger charge is -2.46. The van der Waals surface area contributed by atoms with Gasteiger partial charge in [0.05, 0.1) is 4.91 Å². The van der Waals surface area contributed by atoms with Crippen LogP contribution in [0.2, 0.25) is 0 Å². The van der Waals surface area contributed by atoms with Crippen LogP contribution in [0.5, 0.6) is 0 Å². The highest BCUT2D eigenvalue weighted by molar-refractivity contribution is 8.26. The van der Waals surface area contributed by atoms with Crippen LogP contribution >= 0.6 is 24.0 Å². The van der Waals surface area contributed by atoms with Crippen molar-refractivity contribution in [2.45, 2.75) is 58.3 Å². The summed E-state index contributed by atoms with van der Waals surface area (Å²) in [5.41, 5.74) is 0.754. The van der Waals surface area contributed by atoms with Crippen LogP contribution in [0.1, 0.15) is 33.3 Å². The van der Waals surface area contributed by atoms with Crippen molar-refractivity contribution >= 4 is 64.2 Å². The summed E-state index contributed by atoms with van der Waals surface area (Å²) in [5.74, 6) is -3.50. The zero-order valence-electron chi connectivity index (χ0n) is 20.4. The lowest BCUT2D eigenvalue weighted by atomic mass is 9.96. The van der Waals surface area contributed by atoms with E-state index in [1.165, 1.54) is 6.92 Å². The van der Waals surface area contributed by atoms with Crippen LogP contribution in [0.4, 0.5) is 0 Å². The van der Waals surface area contributed by atoms with Gasteiger partial charge >= 0.3 is 23.9 Å². The molecule has 1 aromatic carbocycles. The molecule has 0 N–H and O–H groups in total. The Morgan fingerprint density at radius 3 is 2.05 bits per heavy atom. The SMILES string of the molecule is CC(=O)OC[C@@H]1O[C@H](N2C(=O)/C(=C\c3ccccc3)SC2=S)[C@H](OC(C)=O)[C@H](OC(C)=O)[C@H]1OC(C)=O. The van der Waals surface area contributed by atoms with Crippen molar-refractivity contribution in [2.24, 2.45) is 0 Å². The first-order valence-corrected chi connectivity index (χ1v) is 12.3. The van der Waals surface area contributed by atoms with Crippen LogP contribution in [-0.2, 0) is 47.7 Å². The van der Waals surface area contributed by atoms with Gasteiger partial charge in [-0.1, -0.05) is 54.3 Å². The molecule has 2 saturated heterocycles. The molecule has 2 heterocycles. The van der Waals surface area contributed by atoms with Crippen LogP contribution in [0.3, 0.4) is 0 Å². The number of esters is 4. The molecule has 37 heavy (non-hydrogen) atoms. The molecule has 0 saturated carbocycles. The monoisotopic (exact) mass is 551 g/mol. The van der Waals surface area contributed by atoms with Gasteiger partial charge in [0.2, 0.25) is 0 Å². The second-order valence-electron chi connectivity index (χ2n) is 8.05. The quantitative estimate of drug-likeness (QED) is 0.212. The first-order chi connectivity index (χ1) is 17.5. The molecule has 0 spiro atoms. The van der Waals surface area contributed by atoms with E-state index in [-0.39, 0.29) is 9.23 Å². The summed E-state index contributed by atoms with van der Waals surface area (Å²) in [5, 5.41) is 0. The van der Waals surface area contributed by atoms with Gasteiger partial charge in [-0.3, -0.25) is 28.9 Å². The number of hydrogen-bond donors (Lipinski definition) is 0. The van der Waals surface area contributed by atoms with Crippen molar-refractivity contribution in [2.75, 3.05) is 6.61 Å². The maximum absolute atomic E-state index is 13.5. The lowest BCUT2D eigenvalue weighted by Crippen LogP contribution is -2.66. The third kappa shape index (κ3) is 7.14. The minimum Gasteiger partial charge on any atom is -0.463 e. The fraction of sp³-hybridized carbons (Fsp3) is 0.417. The van der Waals surface area contributed by atoms with E-state index in [4.69, 9.17) is 35.9 Å². The van der Waals surface area contributed by atoms with Gasteiger partial charge < -0.3 is 23.7 Å². The molecule has 3 rings (SSSR count). The molecule has 5 atom stereocenters.